The number of nitrogens with zero attached hydrogens (tertiary/aromatic N) is 2. The van der Waals surface area contributed by atoms with Crippen LogP contribution in [0.15, 0.2) is 35.2 Å². The number of benzene rings is 1. The largest absolute Gasteiger partial charge is 0.320 e. The summed E-state index contributed by atoms with van der Waals surface area (Å²) in [6, 6.07) is 8.24. The highest BCUT2D eigenvalue weighted by atomic mass is 32.2. The van der Waals surface area contributed by atoms with Crippen LogP contribution < -0.4 is 10.0 Å². The minimum absolute atomic E-state index is 0.221. The van der Waals surface area contributed by atoms with Crippen LogP contribution in [0.1, 0.15) is 24.3 Å². The van der Waals surface area contributed by atoms with Gasteiger partial charge in [-0.3, -0.25) is 4.72 Å². The molecular formula is C14H20N4O2S2. The summed E-state index contributed by atoms with van der Waals surface area (Å²) < 4.78 is 26.8. The lowest BCUT2D eigenvalue weighted by atomic mass is 10.2. The fourth-order valence-corrected chi connectivity index (χ4v) is 3.96. The molecule has 0 unspecified atom stereocenters. The third kappa shape index (κ3) is 5.04. The van der Waals surface area contributed by atoms with E-state index < -0.39 is 10.0 Å². The first-order valence-corrected chi connectivity index (χ1v) is 9.46. The Morgan fingerprint density at radius 1 is 1.09 bits per heavy atom. The predicted molar refractivity (Wildman–Crippen MR) is 88.6 cm³/mol. The van der Waals surface area contributed by atoms with Gasteiger partial charge in [-0.25, -0.2) is 8.42 Å². The monoisotopic (exact) mass is 340 g/mol. The van der Waals surface area contributed by atoms with Crippen LogP contribution in [0.3, 0.4) is 0 Å². The number of aromatic nitrogens is 2. The van der Waals surface area contributed by atoms with Crippen molar-refractivity contribution in [3.8, 4) is 0 Å². The molecule has 0 saturated heterocycles. The average Bonchev–Trinajstić information content (AvgIpc) is 2.95. The fourth-order valence-electron chi connectivity index (χ4n) is 1.92. The first-order valence-electron chi connectivity index (χ1n) is 7.16. The molecule has 6 nitrogen and oxygen atoms in total. The molecule has 0 amide bonds. The second kappa shape index (κ2) is 8.21. The van der Waals surface area contributed by atoms with Gasteiger partial charge in [0.15, 0.2) is 0 Å². The minimum atomic E-state index is -3.58. The number of hydrogen-bond acceptors (Lipinski definition) is 6. The molecule has 0 aliphatic rings. The molecule has 2 aromatic rings. The third-order valence-corrected chi connectivity index (χ3v) is 5.44. The maximum absolute atomic E-state index is 12.2. The Balaban J connectivity index is 1.89. The number of anilines is 1. The van der Waals surface area contributed by atoms with Crippen molar-refractivity contribution in [3.63, 3.8) is 0 Å². The quantitative estimate of drug-likeness (QED) is 0.684. The van der Waals surface area contributed by atoms with E-state index in [1.807, 2.05) is 7.05 Å². The molecule has 0 saturated carbocycles. The van der Waals surface area contributed by atoms with Crippen LogP contribution in [0.2, 0.25) is 0 Å². The van der Waals surface area contributed by atoms with Gasteiger partial charge in [0.25, 0.3) is 10.0 Å². The molecule has 0 spiro atoms. The summed E-state index contributed by atoms with van der Waals surface area (Å²) in [5.74, 6) is 0. The summed E-state index contributed by atoms with van der Waals surface area (Å²) in [6.45, 7) is 1.01. The van der Waals surface area contributed by atoms with Crippen LogP contribution in [-0.2, 0) is 16.4 Å². The van der Waals surface area contributed by atoms with E-state index in [0.717, 1.165) is 37.2 Å². The van der Waals surface area contributed by atoms with Gasteiger partial charge >= 0.3 is 0 Å². The average molecular weight is 340 g/mol. The van der Waals surface area contributed by atoms with Gasteiger partial charge in [0.2, 0.25) is 5.13 Å². The van der Waals surface area contributed by atoms with E-state index in [-0.39, 0.29) is 4.90 Å². The molecule has 8 heteroatoms. The Kier molecular flexibility index (Phi) is 6.29. The molecule has 2 rings (SSSR count). The van der Waals surface area contributed by atoms with E-state index in [0.29, 0.717) is 5.13 Å². The summed E-state index contributed by atoms with van der Waals surface area (Å²) in [5.41, 5.74) is 0. The summed E-state index contributed by atoms with van der Waals surface area (Å²) in [4.78, 5) is 0.221. The van der Waals surface area contributed by atoms with Crippen LogP contribution in [0.4, 0.5) is 5.13 Å². The first kappa shape index (κ1) is 16.9. The highest BCUT2D eigenvalue weighted by Crippen LogP contribution is 2.21. The minimum Gasteiger partial charge on any atom is -0.320 e. The maximum Gasteiger partial charge on any atom is 0.263 e. The van der Waals surface area contributed by atoms with E-state index in [1.54, 1.807) is 30.3 Å². The zero-order valence-electron chi connectivity index (χ0n) is 12.4. The van der Waals surface area contributed by atoms with Crippen LogP contribution in [0.5, 0.6) is 0 Å². The first-order chi connectivity index (χ1) is 10.6. The molecule has 0 aliphatic heterocycles. The molecule has 2 N–H and O–H groups in total. The number of hydrogen-bond donors (Lipinski definition) is 2. The lowest BCUT2D eigenvalue weighted by molar-refractivity contribution is 0.601. The van der Waals surface area contributed by atoms with Crippen molar-refractivity contribution in [2.45, 2.75) is 30.6 Å². The lowest BCUT2D eigenvalue weighted by Gasteiger charge is -2.03. The van der Waals surface area contributed by atoms with Crippen molar-refractivity contribution >= 4 is 26.5 Å². The number of rotatable bonds is 9. The molecule has 0 radical (unpaired) electrons. The summed E-state index contributed by atoms with van der Waals surface area (Å²) in [5, 5.41) is 12.2. The molecule has 0 aliphatic carbocycles. The molecule has 1 heterocycles. The Bertz CT molecular complexity index is 671. The van der Waals surface area contributed by atoms with Crippen LogP contribution in [0, 0.1) is 0 Å². The van der Waals surface area contributed by atoms with E-state index >= 15 is 0 Å². The smallest absolute Gasteiger partial charge is 0.263 e. The summed E-state index contributed by atoms with van der Waals surface area (Å²) in [7, 11) is -1.64. The van der Waals surface area contributed by atoms with Crippen molar-refractivity contribution in [2.75, 3.05) is 18.3 Å². The van der Waals surface area contributed by atoms with Gasteiger partial charge in [0, 0.05) is 6.42 Å². The SMILES string of the molecule is CNCCCCCc1nnc(NS(=O)(=O)c2ccccc2)s1. The summed E-state index contributed by atoms with van der Waals surface area (Å²) >= 11 is 1.29. The van der Waals surface area contributed by atoms with Gasteiger partial charge in [-0.15, -0.1) is 10.2 Å². The van der Waals surface area contributed by atoms with E-state index in [2.05, 4.69) is 20.2 Å². The molecule has 0 atom stereocenters. The van der Waals surface area contributed by atoms with Crippen LogP contribution in [0.25, 0.3) is 0 Å². The second-order valence-corrected chi connectivity index (χ2v) is 7.58. The van der Waals surface area contributed by atoms with Crippen molar-refractivity contribution < 1.29 is 8.42 Å². The van der Waals surface area contributed by atoms with Gasteiger partial charge in [0.1, 0.15) is 5.01 Å². The van der Waals surface area contributed by atoms with Crippen LogP contribution >= 0.6 is 11.3 Å². The molecule has 1 aromatic carbocycles. The Morgan fingerprint density at radius 2 is 1.86 bits per heavy atom. The molecule has 1 aromatic heterocycles. The number of nitrogens with one attached hydrogen (secondary N) is 2. The highest BCUT2D eigenvalue weighted by Gasteiger charge is 2.16. The van der Waals surface area contributed by atoms with Crippen molar-refractivity contribution in [1.29, 1.82) is 0 Å². The van der Waals surface area contributed by atoms with E-state index in [1.165, 1.54) is 11.3 Å². The van der Waals surface area contributed by atoms with Crippen molar-refractivity contribution in [3.05, 3.63) is 35.3 Å². The standard InChI is InChI=1S/C14H20N4O2S2/c1-15-11-7-3-6-10-13-16-17-14(21-13)18-22(19,20)12-8-4-2-5-9-12/h2,4-5,8-9,15H,3,6-7,10-11H2,1H3,(H,17,18). The number of unbranched alkanes of at least 4 members (excludes halogenated alkanes) is 2. The molecular weight excluding hydrogens is 320 g/mol. The predicted octanol–water partition coefficient (Wildman–Crippen LogP) is 2.27. The van der Waals surface area contributed by atoms with Crippen molar-refractivity contribution in [1.82, 2.24) is 15.5 Å². The summed E-state index contributed by atoms with van der Waals surface area (Å²) in [6.07, 6.45) is 4.10. The fraction of sp³-hybridized carbons (Fsp3) is 0.429. The number of sulfonamides is 1. The molecule has 120 valence electrons. The Hall–Kier alpha value is -1.51. The van der Waals surface area contributed by atoms with Gasteiger partial charge in [-0.2, -0.15) is 0 Å². The van der Waals surface area contributed by atoms with Gasteiger partial charge in [-0.05, 0) is 38.6 Å². The maximum atomic E-state index is 12.2. The van der Waals surface area contributed by atoms with Gasteiger partial charge in [-0.1, -0.05) is 36.0 Å². The molecule has 0 fully saturated rings. The molecule has 0 bridgehead atoms. The van der Waals surface area contributed by atoms with Crippen LogP contribution in [-0.4, -0.2) is 32.2 Å². The van der Waals surface area contributed by atoms with Gasteiger partial charge in [0.05, 0.1) is 4.90 Å². The topological polar surface area (TPSA) is 84.0 Å². The van der Waals surface area contributed by atoms with Gasteiger partial charge < -0.3 is 5.32 Å². The normalized spacial score (nSPS) is 11.5. The van der Waals surface area contributed by atoms with E-state index in [4.69, 9.17) is 0 Å². The molecule has 22 heavy (non-hydrogen) atoms. The lowest BCUT2D eigenvalue weighted by Crippen LogP contribution is -2.12. The van der Waals surface area contributed by atoms with E-state index in [9.17, 15) is 8.42 Å². The third-order valence-electron chi connectivity index (χ3n) is 3.06. The number of aryl methyl sites for hydroxylation is 1. The second-order valence-electron chi connectivity index (χ2n) is 4.83. The zero-order valence-corrected chi connectivity index (χ0v) is 14.1. The zero-order chi connectivity index (χ0) is 15.8. The Labute approximate surface area is 135 Å². The van der Waals surface area contributed by atoms with Crippen molar-refractivity contribution in [2.24, 2.45) is 0 Å². The Morgan fingerprint density at radius 3 is 2.59 bits per heavy atom. The highest BCUT2D eigenvalue weighted by molar-refractivity contribution is 7.93.